The maximum absolute atomic E-state index is 12.7. The fourth-order valence-corrected chi connectivity index (χ4v) is 5.44. The SMILES string of the molecule is O=C([C@@H]1C[C@H](N2CCN(c3nccn3-c3ccccn3)CC2)CN1)N1CCSC1. The molecule has 0 bridgehead atoms. The van der Waals surface area contributed by atoms with Crippen LogP contribution in [0, 0.1) is 0 Å². The van der Waals surface area contributed by atoms with Crippen LogP contribution in [0.15, 0.2) is 36.8 Å². The number of carbonyl (C=O) groups excluding carboxylic acids is 1. The summed E-state index contributed by atoms with van der Waals surface area (Å²) in [4.78, 5) is 28.6. The van der Waals surface area contributed by atoms with Gasteiger partial charge in [-0.25, -0.2) is 9.97 Å². The number of aromatic nitrogens is 3. The number of hydrogen-bond donors (Lipinski definition) is 1. The first kappa shape index (κ1) is 18.9. The number of rotatable bonds is 4. The number of amides is 1. The summed E-state index contributed by atoms with van der Waals surface area (Å²) in [6.45, 7) is 5.64. The second kappa shape index (κ2) is 8.33. The lowest BCUT2D eigenvalue weighted by atomic mass is 10.1. The molecular formula is C20H27N7OS. The molecule has 0 unspecified atom stereocenters. The molecule has 0 aromatic carbocycles. The summed E-state index contributed by atoms with van der Waals surface area (Å²) in [6, 6.07) is 6.35. The number of thioether (sulfide) groups is 1. The maximum Gasteiger partial charge on any atom is 0.240 e. The first-order valence-corrected chi connectivity index (χ1v) is 11.5. The van der Waals surface area contributed by atoms with Gasteiger partial charge in [0.15, 0.2) is 0 Å². The summed E-state index contributed by atoms with van der Waals surface area (Å²) in [5, 5.41) is 3.47. The third kappa shape index (κ3) is 3.86. The lowest BCUT2D eigenvalue weighted by Crippen LogP contribution is -2.51. The Morgan fingerprint density at radius 1 is 1.10 bits per heavy atom. The van der Waals surface area contributed by atoms with Crippen molar-refractivity contribution < 1.29 is 4.79 Å². The van der Waals surface area contributed by atoms with E-state index in [0.29, 0.717) is 6.04 Å². The van der Waals surface area contributed by atoms with Crippen LogP contribution in [0.25, 0.3) is 5.82 Å². The van der Waals surface area contributed by atoms with Gasteiger partial charge >= 0.3 is 0 Å². The smallest absolute Gasteiger partial charge is 0.240 e. The molecule has 9 heteroatoms. The monoisotopic (exact) mass is 413 g/mol. The normalized spacial score (nSPS) is 25.7. The van der Waals surface area contributed by atoms with Crippen molar-refractivity contribution in [1.82, 2.24) is 29.7 Å². The van der Waals surface area contributed by atoms with Crippen molar-refractivity contribution in [2.75, 3.05) is 55.8 Å². The van der Waals surface area contributed by atoms with Crippen LogP contribution in [-0.2, 0) is 4.79 Å². The zero-order valence-electron chi connectivity index (χ0n) is 16.5. The number of nitrogens with zero attached hydrogens (tertiary/aromatic N) is 6. The molecule has 3 aliphatic heterocycles. The molecule has 3 saturated heterocycles. The molecular weight excluding hydrogens is 386 g/mol. The van der Waals surface area contributed by atoms with E-state index >= 15 is 0 Å². The van der Waals surface area contributed by atoms with E-state index in [1.54, 1.807) is 0 Å². The molecule has 1 amide bonds. The van der Waals surface area contributed by atoms with Crippen molar-refractivity contribution in [3.8, 4) is 5.82 Å². The highest BCUT2D eigenvalue weighted by Gasteiger charge is 2.36. The fourth-order valence-electron chi connectivity index (χ4n) is 4.48. The van der Waals surface area contributed by atoms with Gasteiger partial charge in [-0.1, -0.05) is 6.07 Å². The molecule has 2 aromatic rings. The van der Waals surface area contributed by atoms with Gasteiger partial charge in [0.25, 0.3) is 0 Å². The van der Waals surface area contributed by atoms with E-state index in [1.807, 2.05) is 53.5 Å². The number of imidazole rings is 1. The number of nitrogens with one attached hydrogen (secondary N) is 1. The molecule has 3 fully saturated rings. The van der Waals surface area contributed by atoms with Crippen LogP contribution in [0.2, 0.25) is 0 Å². The average molecular weight is 414 g/mol. The minimum Gasteiger partial charge on any atom is -0.339 e. The largest absolute Gasteiger partial charge is 0.339 e. The Morgan fingerprint density at radius 2 is 2.00 bits per heavy atom. The molecule has 0 aliphatic carbocycles. The summed E-state index contributed by atoms with van der Waals surface area (Å²) < 4.78 is 2.05. The summed E-state index contributed by atoms with van der Waals surface area (Å²) in [6.07, 6.45) is 6.53. The molecule has 2 atom stereocenters. The zero-order chi connectivity index (χ0) is 19.6. The van der Waals surface area contributed by atoms with Gasteiger partial charge in [0.1, 0.15) is 5.82 Å². The lowest BCUT2D eigenvalue weighted by molar-refractivity contribution is -0.131. The minimum atomic E-state index is -0.0141. The van der Waals surface area contributed by atoms with Gasteiger partial charge in [0.2, 0.25) is 11.9 Å². The molecule has 3 aliphatic rings. The van der Waals surface area contributed by atoms with Gasteiger partial charge in [-0.05, 0) is 18.6 Å². The van der Waals surface area contributed by atoms with Crippen molar-refractivity contribution in [3.05, 3.63) is 36.8 Å². The van der Waals surface area contributed by atoms with Crippen molar-refractivity contribution in [3.63, 3.8) is 0 Å². The maximum atomic E-state index is 12.7. The Hall–Kier alpha value is -2.10. The first-order valence-electron chi connectivity index (χ1n) is 10.3. The molecule has 0 radical (unpaired) electrons. The molecule has 5 rings (SSSR count). The predicted molar refractivity (Wildman–Crippen MR) is 114 cm³/mol. The summed E-state index contributed by atoms with van der Waals surface area (Å²) >= 11 is 1.85. The fraction of sp³-hybridized carbons (Fsp3) is 0.550. The summed E-state index contributed by atoms with van der Waals surface area (Å²) in [5.74, 6) is 4.05. The Morgan fingerprint density at radius 3 is 2.76 bits per heavy atom. The van der Waals surface area contributed by atoms with Crippen molar-refractivity contribution >= 4 is 23.6 Å². The summed E-state index contributed by atoms with van der Waals surface area (Å²) in [5.41, 5.74) is 0. The lowest BCUT2D eigenvalue weighted by Gasteiger charge is -2.38. The molecule has 154 valence electrons. The van der Waals surface area contributed by atoms with Crippen LogP contribution < -0.4 is 10.2 Å². The van der Waals surface area contributed by atoms with Crippen LogP contribution in [0.5, 0.6) is 0 Å². The molecule has 8 nitrogen and oxygen atoms in total. The van der Waals surface area contributed by atoms with Gasteiger partial charge < -0.3 is 15.1 Å². The van der Waals surface area contributed by atoms with Gasteiger partial charge in [-0.3, -0.25) is 14.3 Å². The topological polar surface area (TPSA) is 69.5 Å². The number of carbonyl (C=O) groups is 1. The minimum absolute atomic E-state index is 0.0141. The second-order valence-corrected chi connectivity index (χ2v) is 8.87. The van der Waals surface area contributed by atoms with Crippen molar-refractivity contribution in [1.29, 1.82) is 0 Å². The zero-order valence-corrected chi connectivity index (χ0v) is 17.3. The number of piperazine rings is 1. The van der Waals surface area contributed by atoms with E-state index in [1.165, 1.54) is 0 Å². The molecule has 0 saturated carbocycles. The molecule has 29 heavy (non-hydrogen) atoms. The van der Waals surface area contributed by atoms with Gasteiger partial charge in [-0.2, -0.15) is 0 Å². The first-order chi connectivity index (χ1) is 14.3. The second-order valence-electron chi connectivity index (χ2n) is 7.80. The molecule has 5 heterocycles. The van der Waals surface area contributed by atoms with E-state index < -0.39 is 0 Å². The Kier molecular flexibility index (Phi) is 5.43. The number of anilines is 1. The Balaban J connectivity index is 1.18. The van der Waals surface area contributed by atoms with Crippen molar-refractivity contribution in [2.24, 2.45) is 0 Å². The van der Waals surface area contributed by atoms with Gasteiger partial charge in [0, 0.05) is 69.7 Å². The van der Waals surface area contributed by atoms with E-state index in [4.69, 9.17) is 0 Å². The van der Waals surface area contributed by atoms with Crippen LogP contribution in [0.4, 0.5) is 5.95 Å². The highest BCUT2D eigenvalue weighted by atomic mass is 32.2. The molecule has 1 N–H and O–H groups in total. The van der Waals surface area contributed by atoms with E-state index in [-0.39, 0.29) is 11.9 Å². The van der Waals surface area contributed by atoms with E-state index in [9.17, 15) is 4.79 Å². The van der Waals surface area contributed by atoms with Crippen LogP contribution in [-0.4, -0.2) is 93.2 Å². The van der Waals surface area contributed by atoms with Crippen LogP contribution in [0.3, 0.4) is 0 Å². The number of pyridine rings is 1. The third-order valence-corrected chi connectivity index (χ3v) is 7.07. The highest BCUT2D eigenvalue weighted by molar-refractivity contribution is 7.99. The van der Waals surface area contributed by atoms with Crippen molar-refractivity contribution in [2.45, 2.75) is 18.5 Å². The average Bonchev–Trinajstić information content (AvgIpc) is 3.56. The van der Waals surface area contributed by atoms with Crippen LogP contribution in [0.1, 0.15) is 6.42 Å². The van der Waals surface area contributed by atoms with Crippen LogP contribution >= 0.6 is 11.8 Å². The predicted octanol–water partition coefficient (Wildman–Crippen LogP) is 0.653. The Bertz CT molecular complexity index is 830. The van der Waals surface area contributed by atoms with E-state index in [2.05, 4.69) is 29.7 Å². The van der Waals surface area contributed by atoms with Gasteiger partial charge in [-0.15, -0.1) is 11.8 Å². The highest BCUT2D eigenvalue weighted by Crippen LogP contribution is 2.23. The third-order valence-electron chi connectivity index (χ3n) is 6.10. The standard InChI is InChI=1S/C20H27N7OS/c28-19(26-11-12-29-15-26)17-13-16(14-23-17)24-7-9-25(10-8-24)20-22-5-6-27(20)18-3-1-2-4-21-18/h1-6,16-17,23H,7-15H2/t16-,17-/m0/s1. The Labute approximate surface area is 175 Å². The van der Waals surface area contributed by atoms with E-state index in [0.717, 1.165) is 69.1 Å². The molecule has 0 spiro atoms. The summed E-state index contributed by atoms with van der Waals surface area (Å²) in [7, 11) is 0. The molecule has 2 aromatic heterocycles. The van der Waals surface area contributed by atoms with Gasteiger partial charge in [0.05, 0.1) is 11.9 Å². The number of hydrogen-bond acceptors (Lipinski definition) is 7. The quantitative estimate of drug-likeness (QED) is 0.789.